The molecule has 23 heavy (non-hydrogen) atoms. The first-order valence-corrected chi connectivity index (χ1v) is 7.81. The van der Waals surface area contributed by atoms with Crippen molar-refractivity contribution in [2.75, 3.05) is 36.5 Å². The molecule has 0 atom stereocenters. The zero-order chi connectivity index (χ0) is 15.6. The van der Waals surface area contributed by atoms with Gasteiger partial charge in [0.25, 0.3) is 0 Å². The van der Waals surface area contributed by atoms with Crippen LogP contribution in [-0.4, -0.2) is 41.5 Å². The number of benzene rings is 1. The SMILES string of the molecule is Cc1n[nH]c2ccnc(Nc3cccc(N4CCOCC4)c3)c12. The molecule has 0 spiro atoms. The van der Waals surface area contributed by atoms with Crippen molar-refractivity contribution in [2.45, 2.75) is 6.92 Å². The number of aromatic nitrogens is 3. The first-order chi connectivity index (χ1) is 11.3. The summed E-state index contributed by atoms with van der Waals surface area (Å²) in [5, 5.41) is 11.7. The number of H-pyrrole nitrogens is 1. The monoisotopic (exact) mass is 309 g/mol. The van der Waals surface area contributed by atoms with Gasteiger partial charge in [0.2, 0.25) is 0 Å². The molecule has 3 heterocycles. The van der Waals surface area contributed by atoms with Crippen molar-refractivity contribution in [3.05, 3.63) is 42.2 Å². The highest BCUT2D eigenvalue weighted by Crippen LogP contribution is 2.27. The maximum absolute atomic E-state index is 5.42. The number of rotatable bonds is 3. The van der Waals surface area contributed by atoms with Gasteiger partial charge in [-0.15, -0.1) is 0 Å². The molecule has 4 rings (SSSR count). The number of aryl methyl sites for hydroxylation is 1. The van der Waals surface area contributed by atoms with E-state index in [4.69, 9.17) is 4.74 Å². The Morgan fingerprint density at radius 3 is 2.96 bits per heavy atom. The van der Waals surface area contributed by atoms with Crippen LogP contribution >= 0.6 is 0 Å². The summed E-state index contributed by atoms with van der Waals surface area (Å²) < 4.78 is 5.42. The summed E-state index contributed by atoms with van der Waals surface area (Å²) in [4.78, 5) is 6.81. The Bertz CT molecular complexity index is 823. The van der Waals surface area contributed by atoms with Crippen LogP contribution in [0.1, 0.15) is 5.69 Å². The molecule has 0 saturated carbocycles. The zero-order valence-corrected chi connectivity index (χ0v) is 13.0. The van der Waals surface area contributed by atoms with Gasteiger partial charge in [0, 0.05) is 30.7 Å². The molecule has 1 aromatic carbocycles. The average molecular weight is 309 g/mol. The Kier molecular flexibility index (Phi) is 3.59. The molecule has 1 aliphatic heterocycles. The first-order valence-electron chi connectivity index (χ1n) is 7.81. The van der Waals surface area contributed by atoms with E-state index in [0.717, 1.165) is 54.4 Å². The smallest absolute Gasteiger partial charge is 0.141 e. The fraction of sp³-hybridized carbons (Fsp3) is 0.294. The molecule has 6 nitrogen and oxygen atoms in total. The van der Waals surface area contributed by atoms with Crippen LogP contribution in [0.2, 0.25) is 0 Å². The van der Waals surface area contributed by atoms with Gasteiger partial charge in [-0.05, 0) is 31.2 Å². The standard InChI is InChI=1S/C17H19N5O/c1-12-16-15(21-20-12)5-6-18-17(16)19-13-3-2-4-14(11-13)22-7-9-23-10-8-22/h2-6,11H,7-10H2,1H3,(H,18,19)(H,20,21). The van der Waals surface area contributed by atoms with Crippen LogP contribution in [0.4, 0.5) is 17.2 Å². The van der Waals surface area contributed by atoms with Crippen molar-refractivity contribution in [2.24, 2.45) is 0 Å². The number of hydrogen-bond acceptors (Lipinski definition) is 5. The molecule has 2 aromatic heterocycles. The lowest BCUT2D eigenvalue weighted by atomic mass is 10.2. The summed E-state index contributed by atoms with van der Waals surface area (Å²) in [6.07, 6.45) is 1.79. The average Bonchev–Trinajstić information content (AvgIpc) is 2.98. The van der Waals surface area contributed by atoms with Crippen LogP contribution in [0.5, 0.6) is 0 Å². The molecule has 0 aliphatic carbocycles. The summed E-state index contributed by atoms with van der Waals surface area (Å²) in [5.74, 6) is 0.827. The topological polar surface area (TPSA) is 66.1 Å². The van der Waals surface area contributed by atoms with Gasteiger partial charge in [0.1, 0.15) is 5.82 Å². The molecule has 6 heteroatoms. The van der Waals surface area contributed by atoms with E-state index >= 15 is 0 Å². The van der Waals surface area contributed by atoms with Crippen LogP contribution in [0.25, 0.3) is 10.9 Å². The number of fused-ring (bicyclic) bond motifs is 1. The third kappa shape index (κ3) is 2.73. The van der Waals surface area contributed by atoms with E-state index in [1.54, 1.807) is 6.20 Å². The second-order valence-corrected chi connectivity index (χ2v) is 5.67. The second-order valence-electron chi connectivity index (χ2n) is 5.67. The summed E-state index contributed by atoms with van der Waals surface area (Å²) in [6.45, 7) is 5.41. The fourth-order valence-corrected chi connectivity index (χ4v) is 2.95. The lowest BCUT2D eigenvalue weighted by Crippen LogP contribution is -2.36. The molecule has 0 bridgehead atoms. The van der Waals surface area contributed by atoms with Crippen molar-refractivity contribution in [3.63, 3.8) is 0 Å². The summed E-state index contributed by atoms with van der Waals surface area (Å²) in [6, 6.07) is 10.3. The van der Waals surface area contributed by atoms with Gasteiger partial charge >= 0.3 is 0 Å². The molecule has 118 valence electrons. The van der Waals surface area contributed by atoms with Gasteiger partial charge in [0.05, 0.1) is 29.8 Å². The highest BCUT2D eigenvalue weighted by atomic mass is 16.5. The predicted molar refractivity (Wildman–Crippen MR) is 91.4 cm³/mol. The predicted octanol–water partition coefficient (Wildman–Crippen LogP) is 2.85. The number of anilines is 3. The van der Waals surface area contributed by atoms with Crippen LogP contribution in [0.15, 0.2) is 36.5 Å². The minimum atomic E-state index is 0.784. The second kappa shape index (κ2) is 5.89. The van der Waals surface area contributed by atoms with Gasteiger partial charge in [0.15, 0.2) is 0 Å². The van der Waals surface area contributed by atoms with E-state index in [1.807, 2.05) is 13.0 Å². The highest BCUT2D eigenvalue weighted by Gasteiger charge is 2.12. The molecule has 0 unspecified atom stereocenters. The summed E-state index contributed by atoms with van der Waals surface area (Å²) in [5.41, 5.74) is 4.16. The fourth-order valence-electron chi connectivity index (χ4n) is 2.95. The van der Waals surface area contributed by atoms with Gasteiger partial charge in [-0.25, -0.2) is 4.98 Å². The van der Waals surface area contributed by atoms with Crippen molar-refractivity contribution in [3.8, 4) is 0 Å². The van der Waals surface area contributed by atoms with Gasteiger partial charge in [-0.3, -0.25) is 5.10 Å². The molecule has 1 aliphatic rings. The Balaban J connectivity index is 1.64. The Morgan fingerprint density at radius 2 is 2.09 bits per heavy atom. The van der Waals surface area contributed by atoms with Crippen molar-refractivity contribution < 1.29 is 4.74 Å². The number of aromatic amines is 1. The number of pyridine rings is 1. The molecule has 0 radical (unpaired) electrons. The Labute approximate surface area is 134 Å². The van der Waals surface area contributed by atoms with E-state index in [0.29, 0.717) is 0 Å². The Hall–Kier alpha value is -2.60. The molecule has 0 amide bonds. The number of ether oxygens (including phenoxy) is 1. The summed E-state index contributed by atoms with van der Waals surface area (Å²) >= 11 is 0. The largest absolute Gasteiger partial charge is 0.378 e. The number of morpholine rings is 1. The van der Waals surface area contributed by atoms with E-state index in [9.17, 15) is 0 Å². The van der Waals surface area contributed by atoms with Gasteiger partial charge in [-0.1, -0.05) is 6.07 Å². The van der Waals surface area contributed by atoms with E-state index in [-0.39, 0.29) is 0 Å². The van der Waals surface area contributed by atoms with Gasteiger partial charge < -0.3 is 15.0 Å². The maximum Gasteiger partial charge on any atom is 0.141 e. The molecule has 2 N–H and O–H groups in total. The van der Waals surface area contributed by atoms with Crippen LogP contribution < -0.4 is 10.2 Å². The van der Waals surface area contributed by atoms with Crippen molar-refractivity contribution in [1.82, 2.24) is 15.2 Å². The third-order valence-electron chi connectivity index (χ3n) is 4.14. The number of nitrogens with zero attached hydrogens (tertiary/aromatic N) is 3. The number of nitrogens with one attached hydrogen (secondary N) is 2. The maximum atomic E-state index is 5.42. The minimum Gasteiger partial charge on any atom is -0.378 e. The Morgan fingerprint density at radius 1 is 1.22 bits per heavy atom. The quantitative estimate of drug-likeness (QED) is 0.779. The molecular formula is C17H19N5O. The van der Waals surface area contributed by atoms with Gasteiger partial charge in [-0.2, -0.15) is 5.10 Å². The lowest BCUT2D eigenvalue weighted by Gasteiger charge is -2.29. The number of hydrogen-bond donors (Lipinski definition) is 2. The first kappa shape index (κ1) is 14.0. The van der Waals surface area contributed by atoms with Crippen molar-refractivity contribution in [1.29, 1.82) is 0 Å². The van der Waals surface area contributed by atoms with Crippen LogP contribution in [0.3, 0.4) is 0 Å². The minimum absolute atomic E-state index is 0.784. The molecular weight excluding hydrogens is 290 g/mol. The van der Waals surface area contributed by atoms with E-state index in [2.05, 4.69) is 49.7 Å². The molecule has 1 saturated heterocycles. The van der Waals surface area contributed by atoms with Crippen LogP contribution in [0, 0.1) is 6.92 Å². The molecule has 3 aromatic rings. The summed E-state index contributed by atoms with van der Waals surface area (Å²) in [7, 11) is 0. The van der Waals surface area contributed by atoms with Crippen molar-refractivity contribution >= 4 is 28.1 Å². The molecule has 1 fully saturated rings. The van der Waals surface area contributed by atoms with Crippen LogP contribution in [-0.2, 0) is 4.74 Å². The van der Waals surface area contributed by atoms with E-state index in [1.165, 1.54) is 5.69 Å². The van der Waals surface area contributed by atoms with E-state index < -0.39 is 0 Å². The zero-order valence-electron chi connectivity index (χ0n) is 13.0. The highest BCUT2D eigenvalue weighted by molar-refractivity contribution is 5.92. The lowest BCUT2D eigenvalue weighted by molar-refractivity contribution is 0.122. The third-order valence-corrected chi connectivity index (χ3v) is 4.14. The normalized spacial score (nSPS) is 15.1.